The largest absolute Gasteiger partial charge is 0.479 e. The summed E-state index contributed by atoms with van der Waals surface area (Å²) in [4.78, 5) is 30.0. The van der Waals surface area contributed by atoms with E-state index in [0.717, 1.165) is 0 Å². The fraction of sp³-hybridized carbons (Fsp3) is 0.667. The van der Waals surface area contributed by atoms with Crippen LogP contribution in [-0.4, -0.2) is 56.1 Å². The van der Waals surface area contributed by atoms with Crippen LogP contribution in [0.25, 0.3) is 0 Å². The van der Waals surface area contributed by atoms with Gasteiger partial charge in [-0.3, -0.25) is 9.53 Å². The van der Waals surface area contributed by atoms with Gasteiger partial charge in [0.15, 0.2) is 0 Å². The van der Waals surface area contributed by atoms with E-state index < -0.39 is 35.7 Å². The standard InChI is InChI=1S/C6H6O9/c7-1-4(11,3(9)10)2(8)5-6(12,13-5)15-14-5/h7,11-12H,1H2,(H,9,10). The second-order valence-corrected chi connectivity index (χ2v) is 3.12. The van der Waals surface area contributed by atoms with Crippen LogP contribution < -0.4 is 0 Å². The highest BCUT2D eigenvalue weighted by Gasteiger charge is 2.91. The Morgan fingerprint density at radius 1 is 1.33 bits per heavy atom. The Morgan fingerprint density at radius 2 is 1.93 bits per heavy atom. The van der Waals surface area contributed by atoms with Gasteiger partial charge in [0.05, 0.1) is 6.61 Å². The van der Waals surface area contributed by atoms with Crippen molar-refractivity contribution in [2.24, 2.45) is 0 Å². The Morgan fingerprint density at radius 3 is 2.13 bits per heavy atom. The molecule has 2 rings (SSSR count). The van der Waals surface area contributed by atoms with E-state index >= 15 is 0 Å². The van der Waals surface area contributed by atoms with Crippen LogP contribution in [0, 0.1) is 0 Å². The molecule has 3 atom stereocenters. The fourth-order valence-corrected chi connectivity index (χ4v) is 1.13. The molecule has 0 radical (unpaired) electrons. The van der Waals surface area contributed by atoms with Gasteiger partial charge in [0, 0.05) is 0 Å². The van der Waals surface area contributed by atoms with Crippen molar-refractivity contribution in [2.45, 2.75) is 17.4 Å². The molecule has 0 amide bonds. The summed E-state index contributed by atoms with van der Waals surface area (Å²) in [5, 5.41) is 35.5. The number of carbonyl (C=O) groups excluding carboxylic acids is 1. The number of aliphatic hydroxyl groups excluding tert-OH is 1. The average Bonchev–Trinajstić information content (AvgIpc) is 2.62. The topological polar surface area (TPSA) is 146 Å². The second-order valence-electron chi connectivity index (χ2n) is 3.12. The number of hydrogen-bond donors (Lipinski definition) is 4. The van der Waals surface area contributed by atoms with E-state index in [9.17, 15) is 14.7 Å². The molecule has 2 fully saturated rings. The van der Waals surface area contributed by atoms with Gasteiger partial charge < -0.3 is 20.4 Å². The predicted octanol–water partition coefficient (Wildman–Crippen LogP) is -3.30. The molecular weight excluding hydrogens is 216 g/mol. The third-order valence-corrected chi connectivity index (χ3v) is 2.19. The van der Waals surface area contributed by atoms with Crippen LogP contribution >= 0.6 is 0 Å². The maximum absolute atomic E-state index is 11.4. The predicted molar refractivity (Wildman–Crippen MR) is 35.6 cm³/mol. The third kappa shape index (κ3) is 0.963. The maximum atomic E-state index is 11.4. The van der Waals surface area contributed by atoms with E-state index in [1.807, 2.05) is 0 Å². The van der Waals surface area contributed by atoms with Gasteiger partial charge in [0.25, 0.3) is 0 Å². The quantitative estimate of drug-likeness (QED) is 0.218. The average molecular weight is 222 g/mol. The molecule has 0 aromatic heterocycles. The van der Waals surface area contributed by atoms with Crippen molar-refractivity contribution in [1.29, 1.82) is 0 Å². The normalized spacial score (nSPS) is 41.0. The zero-order chi connectivity index (χ0) is 11.5. The number of rotatable bonds is 4. The Kier molecular flexibility index (Phi) is 1.75. The van der Waals surface area contributed by atoms with Crippen LogP contribution in [0.3, 0.4) is 0 Å². The summed E-state index contributed by atoms with van der Waals surface area (Å²) in [5.74, 6) is -8.23. The molecule has 9 nitrogen and oxygen atoms in total. The van der Waals surface area contributed by atoms with Gasteiger partial charge in [0.1, 0.15) is 0 Å². The smallest absolute Gasteiger partial charge is 0.379 e. The van der Waals surface area contributed by atoms with Crippen molar-refractivity contribution in [2.75, 3.05) is 6.61 Å². The van der Waals surface area contributed by atoms with Crippen LogP contribution in [0.2, 0.25) is 0 Å². The first-order valence-corrected chi connectivity index (χ1v) is 3.73. The molecule has 2 saturated heterocycles. The second kappa shape index (κ2) is 2.52. The highest BCUT2D eigenvalue weighted by Crippen LogP contribution is 2.58. The lowest BCUT2D eigenvalue weighted by atomic mass is 9.94. The van der Waals surface area contributed by atoms with E-state index in [2.05, 4.69) is 14.5 Å². The lowest BCUT2D eigenvalue weighted by molar-refractivity contribution is -0.502. The molecule has 0 aliphatic carbocycles. The highest BCUT2D eigenvalue weighted by atomic mass is 17.4. The van der Waals surface area contributed by atoms with Crippen LogP contribution in [0.15, 0.2) is 0 Å². The van der Waals surface area contributed by atoms with Gasteiger partial charge in [-0.05, 0) is 0 Å². The van der Waals surface area contributed by atoms with Gasteiger partial charge in [-0.1, -0.05) is 0 Å². The Hall–Kier alpha value is -1.10. The van der Waals surface area contributed by atoms with Crippen LogP contribution in [-0.2, 0) is 24.1 Å². The number of hydrogen-bond acceptors (Lipinski definition) is 8. The molecule has 2 aliphatic heterocycles. The molecule has 4 N–H and O–H groups in total. The molecule has 2 aliphatic rings. The molecular formula is C6H6O9. The van der Waals surface area contributed by atoms with Crippen molar-refractivity contribution in [3.05, 3.63) is 0 Å². The number of aliphatic hydroxyl groups is 3. The van der Waals surface area contributed by atoms with Crippen LogP contribution in [0.1, 0.15) is 0 Å². The number of carboxylic acid groups (broad SMARTS) is 1. The van der Waals surface area contributed by atoms with Crippen molar-refractivity contribution >= 4 is 11.8 Å². The fourth-order valence-electron chi connectivity index (χ4n) is 1.13. The first kappa shape index (κ1) is 10.4. The lowest BCUT2D eigenvalue weighted by Crippen LogP contribution is -2.61. The summed E-state index contributed by atoms with van der Waals surface area (Å²) < 4.78 is 4.29. The third-order valence-electron chi connectivity index (χ3n) is 2.19. The summed E-state index contributed by atoms with van der Waals surface area (Å²) in [5.41, 5.74) is -3.10. The van der Waals surface area contributed by atoms with Gasteiger partial charge in [-0.25, -0.2) is 4.79 Å². The molecule has 3 unspecified atom stereocenters. The van der Waals surface area contributed by atoms with Gasteiger partial charge in [-0.2, -0.15) is 9.78 Å². The monoisotopic (exact) mass is 222 g/mol. The summed E-state index contributed by atoms with van der Waals surface area (Å²) in [6.45, 7) is -1.38. The number of carboxylic acids is 1. The molecule has 0 bridgehead atoms. The highest BCUT2D eigenvalue weighted by molar-refractivity contribution is 6.11. The summed E-state index contributed by atoms with van der Waals surface area (Å²) >= 11 is 0. The number of ketones is 1. The zero-order valence-corrected chi connectivity index (χ0v) is 7.04. The number of epoxide rings is 1. The molecule has 0 spiro atoms. The van der Waals surface area contributed by atoms with E-state index in [1.54, 1.807) is 0 Å². The van der Waals surface area contributed by atoms with E-state index in [4.69, 9.17) is 15.3 Å². The van der Waals surface area contributed by atoms with Gasteiger partial charge >= 0.3 is 17.7 Å². The van der Waals surface area contributed by atoms with E-state index in [1.165, 1.54) is 0 Å². The molecule has 0 aromatic carbocycles. The molecule has 0 saturated carbocycles. The Bertz CT molecular complexity index is 353. The lowest BCUT2D eigenvalue weighted by Gasteiger charge is -2.27. The first-order valence-electron chi connectivity index (χ1n) is 3.73. The Labute approximate surface area is 81.3 Å². The minimum Gasteiger partial charge on any atom is -0.479 e. The zero-order valence-electron chi connectivity index (χ0n) is 7.04. The van der Waals surface area contributed by atoms with Crippen LogP contribution in [0.4, 0.5) is 0 Å². The Balaban J connectivity index is 2.25. The van der Waals surface area contributed by atoms with Gasteiger partial charge in [-0.15, -0.1) is 0 Å². The number of fused-ring (bicyclic) bond motifs is 1. The number of Topliss-reactive ketones (excluding diaryl/α,β-unsaturated/α-hetero) is 1. The number of ether oxygens (including phenoxy) is 1. The van der Waals surface area contributed by atoms with E-state index in [0.29, 0.717) is 0 Å². The van der Waals surface area contributed by atoms with Crippen molar-refractivity contribution in [1.82, 2.24) is 0 Å². The molecule has 84 valence electrons. The SMILES string of the molecule is O=C(O)C(O)(CO)C(=O)C12OOC1(O)O2. The number of carbonyl (C=O) groups is 2. The van der Waals surface area contributed by atoms with Gasteiger partial charge in [0.2, 0.25) is 11.4 Å². The van der Waals surface area contributed by atoms with Crippen molar-refractivity contribution in [3.63, 3.8) is 0 Å². The molecule has 9 heteroatoms. The number of aliphatic carboxylic acids is 1. The maximum Gasteiger partial charge on any atom is 0.379 e. The summed E-state index contributed by atoms with van der Waals surface area (Å²) in [7, 11) is 0. The molecule has 2 heterocycles. The minimum absolute atomic E-state index is 1.38. The summed E-state index contributed by atoms with van der Waals surface area (Å²) in [6.07, 6.45) is 0. The van der Waals surface area contributed by atoms with Crippen molar-refractivity contribution < 1.29 is 44.5 Å². The summed E-state index contributed by atoms with van der Waals surface area (Å²) in [6, 6.07) is 0. The molecule has 15 heavy (non-hydrogen) atoms. The van der Waals surface area contributed by atoms with Crippen molar-refractivity contribution in [3.8, 4) is 0 Å². The minimum atomic E-state index is -3.10. The first-order chi connectivity index (χ1) is 6.82. The van der Waals surface area contributed by atoms with E-state index in [-0.39, 0.29) is 0 Å². The molecule has 0 aromatic rings. The van der Waals surface area contributed by atoms with Crippen LogP contribution in [0.5, 0.6) is 0 Å².